The molecular formula is C21H27FN2OS. The average molecular weight is 375 g/mol. The molecule has 1 aromatic heterocycles. The lowest BCUT2D eigenvalue weighted by atomic mass is 9.91. The summed E-state index contributed by atoms with van der Waals surface area (Å²) >= 11 is 1.56. The van der Waals surface area contributed by atoms with Crippen LogP contribution in [0.25, 0.3) is 10.4 Å². The summed E-state index contributed by atoms with van der Waals surface area (Å²) in [5, 5.41) is 3.41. The second-order valence-corrected chi connectivity index (χ2v) is 8.55. The second-order valence-electron chi connectivity index (χ2n) is 7.38. The molecule has 1 saturated heterocycles. The number of amides is 1. The third-order valence-electron chi connectivity index (χ3n) is 5.01. The van der Waals surface area contributed by atoms with Gasteiger partial charge in [0, 0.05) is 33.3 Å². The lowest BCUT2D eigenvalue weighted by Gasteiger charge is -2.34. The van der Waals surface area contributed by atoms with Gasteiger partial charge in [0.15, 0.2) is 0 Å². The number of benzene rings is 1. The number of piperidine rings is 1. The number of nitrogens with zero attached hydrogens (tertiary/aromatic N) is 1. The van der Waals surface area contributed by atoms with Gasteiger partial charge in [0.1, 0.15) is 5.82 Å². The zero-order chi connectivity index (χ0) is 18.7. The monoisotopic (exact) mass is 374 g/mol. The minimum Gasteiger partial charge on any atom is -0.335 e. The summed E-state index contributed by atoms with van der Waals surface area (Å²) in [6, 6.07) is 11.3. The van der Waals surface area contributed by atoms with Crippen LogP contribution in [0.1, 0.15) is 38.5 Å². The molecule has 3 nitrogen and oxygen atoms in total. The number of hydrogen-bond donors (Lipinski definition) is 1. The quantitative estimate of drug-likeness (QED) is 0.824. The van der Waals surface area contributed by atoms with Crippen molar-refractivity contribution in [2.45, 2.75) is 52.2 Å². The number of carbonyl (C=O) groups excluding carboxylic acids is 1. The molecule has 1 N–H and O–H groups in total. The molecule has 26 heavy (non-hydrogen) atoms. The molecule has 140 valence electrons. The van der Waals surface area contributed by atoms with Crippen LogP contribution in [-0.2, 0) is 11.3 Å². The smallest absolute Gasteiger partial charge is 0.226 e. The molecule has 2 heterocycles. The van der Waals surface area contributed by atoms with Crippen LogP contribution in [0.4, 0.5) is 4.39 Å². The van der Waals surface area contributed by atoms with Gasteiger partial charge < -0.3 is 10.2 Å². The fourth-order valence-electron chi connectivity index (χ4n) is 3.54. The first-order valence-electron chi connectivity index (χ1n) is 9.33. The van der Waals surface area contributed by atoms with E-state index in [-0.39, 0.29) is 23.7 Å². The Hall–Kier alpha value is -1.72. The van der Waals surface area contributed by atoms with Gasteiger partial charge in [-0.25, -0.2) is 4.39 Å². The van der Waals surface area contributed by atoms with Gasteiger partial charge in [0.05, 0.1) is 6.54 Å². The number of nitrogens with one attached hydrogen (secondary N) is 1. The molecule has 1 amide bonds. The highest BCUT2D eigenvalue weighted by atomic mass is 32.1. The Morgan fingerprint density at radius 2 is 2.08 bits per heavy atom. The molecule has 0 saturated carbocycles. The summed E-state index contributed by atoms with van der Waals surface area (Å²) in [4.78, 5) is 17.0. The topological polar surface area (TPSA) is 32.3 Å². The fraction of sp³-hybridized carbons (Fsp3) is 0.476. The van der Waals surface area contributed by atoms with E-state index in [0.29, 0.717) is 18.2 Å². The molecule has 1 fully saturated rings. The zero-order valence-corrected chi connectivity index (χ0v) is 16.5. The van der Waals surface area contributed by atoms with Crippen molar-refractivity contribution in [2.24, 2.45) is 5.92 Å². The molecule has 0 bridgehead atoms. The maximum Gasteiger partial charge on any atom is 0.226 e. The number of hydrogen-bond acceptors (Lipinski definition) is 3. The Labute approximate surface area is 159 Å². The van der Waals surface area contributed by atoms with Gasteiger partial charge >= 0.3 is 0 Å². The summed E-state index contributed by atoms with van der Waals surface area (Å²) in [5.41, 5.74) is 0.623. The molecule has 3 rings (SSSR count). The molecule has 0 spiro atoms. The minimum absolute atomic E-state index is 0.0969. The Kier molecular flexibility index (Phi) is 6.09. The van der Waals surface area contributed by atoms with E-state index in [1.54, 1.807) is 23.5 Å². The molecular weight excluding hydrogens is 347 g/mol. The van der Waals surface area contributed by atoms with Crippen molar-refractivity contribution >= 4 is 17.2 Å². The Balaban J connectivity index is 1.75. The number of rotatable bonds is 5. The van der Waals surface area contributed by atoms with Crippen molar-refractivity contribution in [2.75, 3.05) is 6.54 Å². The van der Waals surface area contributed by atoms with Crippen LogP contribution in [0.15, 0.2) is 36.4 Å². The summed E-state index contributed by atoms with van der Waals surface area (Å²) < 4.78 is 14.0. The minimum atomic E-state index is -0.207. The van der Waals surface area contributed by atoms with E-state index in [4.69, 9.17) is 0 Å². The summed E-state index contributed by atoms with van der Waals surface area (Å²) in [5.74, 6) is 0.134. The predicted octanol–water partition coefficient (Wildman–Crippen LogP) is 4.68. The highest BCUT2D eigenvalue weighted by molar-refractivity contribution is 7.15. The van der Waals surface area contributed by atoms with Crippen molar-refractivity contribution in [1.29, 1.82) is 0 Å². The van der Waals surface area contributed by atoms with Crippen LogP contribution in [0.2, 0.25) is 0 Å². The third kappa shape index (κ3) is 4.33. The largest absolute Gasteiger partial charge is 0.335 e. The van der Waals surface area contributed by atoms with Crippen LogP contribution in [-0.4, -0.2) is 29.4 Å². The van der Waals surface area contributed by atoms with Gasteiger partial charge in [-0.2, -0.15) is 0 Å². The van der Waals surface area contributed by atoms with E-state index >= 15 is 0 Å². The van der Waals surface area contributed by atoms with Crippen molar-refractivity contribution in [3.8, 4) is 10.4 Å². The highest BCUT2D eigenvalue weighted by Crippen LogP contribution is 2.31. The predicted molar refractivity (Wildman–Crippen MR) is 106 cm³/mol. The molecule has 0 radical (unpaired) electrons. The number of carbonyl (C=O) groups is 1. The van der Waals surface area contributed by atoms with Crippen molar-refractivity contribution in [1.82, 2.24) is 10.2 Å². The third-order valence-corrected chi connectivity index (χ3v) is 6.11. The van der Waals surface area contributed by atoms with E-state index in [9.17, 15) is 9.18 Å². The summed E-state index contributed by atoms with van der Waals surface area (Å²) in [6.07, 6.45) is 1.80. The maximum atomic E-state index is 14.0. The van der Waals surface area contributed by atoms with Gasteiger partial charge in [-0.05, 0) is 58.4 Å². The number of halogens is 1. The molecule has 0 aliphatic carbocycles. The standard InChI is InChI=1S/C21H27FN2OS/c1-14(2)24(21(25)16-10-11-23-15(3)12-16)13-17-8-9-20(26-17)18-6-4-5-7-19(18)22/h4-9,14-16,23H,10-13H2,1-3H3/t15-,16-/m0/s1. The van der Waals surface area contributed by atoms with Crippen LogP contribution >= 0.6 is 11.3 Å². The molecule has 1 aromatic carbocycles. The molecule has 5 heteroatoms. The maximum absolute atomic E-state index is 14.0. The molecule has 2 aromatic rings. The van der Waals surface area contributed by atoms with Crippen molar-refractivity contribution < 1.29 is 9.18 Å². The lowest BCUT2D eigenvalue weighted by molar-refractivity contribution is -0.139. The van der Waals surface area contributed by atoms with Gasteiger partial charge in [0.25, 0.3) is 0 Å². The van der Waals surface area contributed by atoms with Gasteiger partial charge in [-0.15, -0.1) is 11.3 Å². The Bertz CT molecular complexity index is 758. The summed E-state index contributed by atoms with van der Waals surface area (Å²) in [6.45, 7) is 7.76. The average Bonchev–Trinajstić information content (AvgIpc) is 3.07. The number of thiophene rings is 1. The van der Waals surface area contributed by atoms with Gasteiger partial charge in [-0.3, -0.25) is 4.79 Å². The highest BCUT2D eigenvalue weighted by Gasteiger charge is 2.30. The Morgan fingerprint density at radius 1 is 1.31 bits per heavy atom. The Morgan fingerprint density at radius 3 is 2.77 bits per heavy atom. The first-order valence-corrected chi connectivity index (χ1v) is 10.1. The molecule has 1 aliphatic heterocycles. The second kappa shape index (κ2) is 8.31. The molecule has 2 atom stereocenters. The summed E-state index contributed by atoms with van der Waals surface area (Å²) in [7, 11) is 0. The molecule has 1 aliphatic rings. The normalized spacial score (nSPS) is 20.3. The van der Waals surface area contributed by atoms with Crippen molar-refractivity contribution in [3.05, 3.63) is 47.1 Å². The van der Waals surface area contributed by atoms with Crippen LogP contribution in [0.3, 0.4) is 0 Å². The molecule has 0 unspecified atom stereocenters. The van der Waals surface area contributed by atoms with Crippen LogP contribution < -0.4 is 5.32 Å². The first kappa shape index (κ1) is 19.1. The van der Waals surface area contributed by atoms with Gasteiger partial charge in [0.2, 0.25) is 5.91 Å². The fourth-order valence-corrected chi connectivity index (χ4v) is 4.58. The van der Waals surface area contributed by atoms with E-state index in [1.807, 2.05) is 23.1 Å². The van der Waals surface area contributed by atoms with Crippen molar-refractivity contribution in [3.63, 3.8) is 0 Å². The van der Waals surface area contributed by atoms with E-state index in [2.05, 4.69) is 26.1 Å². The van der Waals surface area contributed by atoms with Crippen LogP contribution in [0.5, 0.6) is 0 Å². The van der Waals surface area contributed by atoms with Gasteiger partial charge in [-0.1, -0.05) is 18.2 Å². The SMILES string of the molecule is CC(C)N(Cc1ccc(-c2ccccc2F)s1)C(=O)[C@H]1CCN[C@@H](C)C1. The lowest BCUT2D eigenvalue weighted by Crippen LogP contribution is -2.46. The zero-order valence-electron chi connectivity index (χ0n) is 15.7. The first-order chi connectivity index (χ1) is 12.5. The van der Waals surface area contributed by atoms with E-state index in [1.165, 1.54) is 6.07 Å². The van der Waals surface area contributed by atoms with E-state index < -0.39 is 0 Å². The van der Waals surface area contributed by atoms with E-state index in [0.717, 1.165) is 29.1 Å². The van der Waals surface area contributed by atoms with Crippen LogP contribution in [0, 0.1) is 11.7 Å².